The van der Waals surface area contributed by atoms with Crippen molar-refractivity contribution in [1.29, 1.82) is 0 Å². The van der Waals surface area contributed by atoms with E-state index < -0.39 is 5.82 Å². The second kappa shape index (κ2) is 9.15. The summed E-state index contributed by atoms with van der Waals surface area (Å²) in [6.07, 6.45) is 6.23. The summed E-state index contributed by atoms with van der Waals surface area (Å²) in [5, 5.41) is 3.13. The van der Waals surface area contributed by atoms with Crippen LogP contribution in [0.15, 0.2) is 73.1 Å². The molecule has 6 heteroatoms. The van der Waals surface area contributed by atoms with Gasteiger partial charge in [-0.15, -0.1) is 0 Å². The molecule has 0 aliphatic rings. The van der Waals surface area contributed by atoms with E-state index in [1.54, 1.807) is 30.6 Å². The van der Waals surface area contributed by atoms with E-state index in [0.29, 0.717) is 17.1 Å². The number of halogens is 2. The van der Waals surface area contributed by atoms with Crippen molar-refractivity contribution in [3.8, 4) is 11.5 Å². The lowest BCUT2D eigenvalue weighted by Gasteiger charge is -2.14. The Hall–Kier alpha value is -3.18. The number of hydrogen-bond donors (Lipinski definition) is 1. The lowest BCUT2D eigenvalue weighted by atomic mass is 10.1. The number of ether oxygens (including phenoxy) is 1. The number of benzene rings is 2. The molecule has 0 aliphatic carbocycles. The maximum Gasteiger partial charge on any atom is 0.244 e. The first-order valence-corrected chi connectivity index (χ1v) is 9.00. The van der Waals surface area contributed by atoms with Crippen LogP contribution in [0.5, 0.6) is 11.5 Å². The lowest BCUT2D eigenvalue weighted by molar-refractivity contribution is -0.117. The first-order chi connectivity index (χ1) is 13.5. The van der Waals surface area contributed by atoms with E-state index in [1.165, 1.54) is 24.3 Å². The second-order valence-corrected chi connectivity index (χ2v) is 6.49. The van der Waals surface area contributed by atoms with E-state index in [0.717, 1.165) is 5.56 Å². The van der Waals surface area contributed by atoms with Crippen LogP contribution in [0.1, 0.15) is 24.1 Å². The summed E-state index contributed by atoms with van der Waals surface area (Å²) in [6, 6.07) is 14.8. The predicted molar refractivity (Wildman–Crippen MR) is 108 cm³/mol. The van der Waals surface area contributed by atoms with Gasteiger partial charge in [0.2, 0.25) is 5.91 Å². The summed E-state index contributed by atoms with van der Waals surface area (Å²) in [4.78, 5) is 16.2. The maximum absolute atomic E-state index is 13.1. The smallest absolute Gasteiger partial charge is 0.244 e. The molecule has 2 aromatic carbocycles. The van der Waals surface area contributed by atoms with Gasteiger partial charge in [0.15, 0.2) is 0 Å². The molecule has 28 heavy (non-hydrogen) atoms. The molecule has 0 bridgehead atoms. The highest BCUT2D eigenvalue weighted by Gasteiger charge is 2.09. The fraction of sp³-hybridized carbons (Fsp3) is 0.0909. The fourth-order valence-electron chi connectivity index (χ4n) is 2.54. The topological polar surface area (TPSA) is 51.2 Å². The van der Waals surface area contributed by atoms with E-state index in [1.807, 2.05) is 31.2 Å². The van der Waals surface area contributed by atoms with E-state index in [-0.39, 0.29) is 17.0 Å². The summed E-state index contributed by atoms with van der Waals surface area (Å²) >= 11 is 5.96. The van der Waals surface area contributed by atoms with Crippen LogP contribution in [0.4, 0.5) is 4.39 Å². The Bertz CT molecular complexity index is 993. The van der Waals surface area contributed by atoms with Crippen LogP contribution < -0.4 is 10.1 Å². The first kappa shape index (κ1) is 19.6. The van der Waals surface area contributed by atoms with Crippen LogP contribution in [-0.4, -0.2) is 10.9 Å². The summed E-state index contributed by atoms with van der Waals surface area (Å²) < 4.78 is 18.9. The van der Waals surface area contributed by atoms with Gasteiger partial charge in [-0.3, -0.25) is 9.78 Å². The van der Waals surface area contributed by atoms with Crippen molar-refractivity contribution >= 4 is 23.6 Å². The summed E-state index contributed by atoms with van der Waals surface area (Å²) in [5.74, 6) is 0.642. The monoisotopic (exact) mass is 396 g/mol. The van der Waals surface area contributed by atoms with Gasteiger partial charge in [0.05, 0.1) is 11.1 Å². The predicted octanol–water partition coefficient (Wildman–Crippen LogP) is 5.56. The minimum Gasteiger partial charge on any atom is -0.457 e. The largest absolute Gasteiger partial charge is 0.457 e. The van der Waals surface area contributed by atoms with Crippen molar-refractivity contribution < 1.29 is 13.9 Å². The molecule has 0 saturated carbocycles. The molecule has 1 aromatic heterocycles. The van der Waals surface area contributed by atoms with Gasteiger partial charge in [0.1, 0.15) is 17.3 Å². The second-order valence-electron chi connectivity index (χ2n) is 6.09. The van der Waals surface area contributed by atoms with Gasteiger partial charge in [-0.2, -0.15) is 0 Å². The minimum absolute atomic E-state index is 0.234. The molecular formula is C22H18ClFN2O2. The van der Waals surface area contributed by atoms with Crippen LogP contribution in [-0.2, 0) is 4.79 Å². The Balaban J connectivity index is 1.63. The number of nitrogens with zero attached hydrogens (tertiary/aromatic N) is 1. The summed E-state index contributed by atoms with van der Waals surface area (Å²) in [7, 11) is 0. The van der Waals surface area contributed by atoms with Crippen LogP contribution in [0, 0.1) is 5.82 Å². The van der Waals surface area contributed by atoms with Crippen molar-refractivity contribution in [2.24, 2.45) is 0 Å². The molecule has 3 rings (SSSR count). The van der Waals surface area contributed by atoms with Crippen molar-refractivity contribution in [2.75, 3.05) is 0 Å². The molecule has 1 atom stereocenters. The van der Waals surface area contributed by atoms with Crippen LogP contribution in [0.3, 0.4) is 0 Å². The average molecular weight is 397 g/mol. The van der Waals surface area contributed by atoms with Gasteiger partial charge >= 0.3 is 0 Å². The van der Waals surface area contributed by atoms with Gasteiger partial charge in [-0.25, -0.2) is 4.39 Å². The Morgan fingerprint density at radius 2 is 1.93 bits per heavy atom. The molecule has 4 nitrogen and oxygen atoms in total. The number of rotatable bonds is 6. The highest BCUT2D eigenvalue weighted by molar-refractivity contribution is 6.32. The number of amides is 1. The molecule has 0 aliphatic heterocycles. The Kier molecular flexibility index (Phi) is 6.40. The van der Waals surface area contributed by atoms with Crippen molar-refractivity contribution in [3.05, 3.63) is 95.0 Å². The van der Waals surface area contributed by atoms with Gasteiger partial charge in [-0.1, -0.05) is 29.8 Å². The van der Waals surface area contributed by atoms with Gasteiger partial charge in [-0.05, 0) is 60.5 Å². The molecule has 3 aromatic rings. The van der Waals surface area contributed by atoms with Gasteiger partial charge in [0, 0.05) is 18.5 Å². The third kappa shape index (κ3) is 5.41. The highest BCUT2D eigenvalue weighted by Crippen LogP contribution is 2.24. The minimum atomic E-state index is -0.422. The molecule has 142 valence electrons. The molecule has 0 radical (unpaired) electrons. The van der Waals surface area contributed by atoms with Gasteiger partial charge in [0.25, 0.3) is 0 Å². The molecule has 1 N–H and O–H groups in total. The molecule has 0 fully saturated rings. The molecule has 0 saturated heterocycles. The van der Waals surface area contributed by atoms with Crippen LogP contribution in [0.25, 0.3) is 6.08 Å². The molecule has 1 heterocycles. The van der Waals surface area contributed by atoms with E-state index >= 15 is 0 Å². The van der Waals surface area contributed by atoms with E-state index in [4.69, 9.17) is 16.3 Å². The Morgan fingerprint density at radius 3 is 2.68 bits per heavy atom. The number of hydrogen-bond acceptors (Lipinski definition) is 3. The van der Waals surface area contributed by atoms with Gasteiger partial charge < -0.3 is 10.1 Å². The Labute approximate surface area is 167 Å². The van der Waals surface area contributed by atoms with E-state index in [9.17, 15) is 9.18 Å². The quantitative estimate of drug-likeness (QED) is 0.555. The van der Waals surface area contributed by atoms with Crippen molar-refractivity contribution in [1.82, 2.24) is 10.3 Å². The van der Waals surface area contributed by atoms with Crippen molar-refractivity contribution in [3.63, 3.8) is 0 Å². The van der Waals surface area contributed by atoms with Crippen LogP contribution >= 0.6 is 11.6 Å². The average Bonchev–Trinajstić information content (AvgIpc) is 2.68. The third-order valence-electron chi connectivity index (χ3n) is 3.98. The molecular weight excluding hydrogens is 379 g/mol. The fourth-order valence-corrected chi connectivity index (χ4v) is 2.77. The molecule has 0 spiro atoms. The number of carbonyl (C=O) groups is 1. The normalized spacial score (nSPS) is 12.0. The summed E-state index contributed by atoms with van der Waals surface area (Å²) in [6.45, 7) is 1.88. The van der Waals surface area contributed by atoms with Crippen molar-refractivity contribution in [2.45, 2.75) is 13.0 Å². The number of carbonyl (C=O) groups excluding carboxylic acids is 1. The standard InChI is InChI=1S/C22H18ClFN2O2/c1-15(26-22(27)8-6-16-5-7-18(24)14-21(16)23)17-3-2-4-20(13-17)28-19-9-11-25-12-10-19/h2-15H,1H3,(H,26,27)/b8-6+. The zero-order valence-corrected chi connectivity index (χ0v) is 15.9. The molecule has 1 unspecified atom stereocenters. The lowest BCUT2D eigenvalue weighted by Crippen LogP contribution is -2.24. The first-order valence-electron chi connectivity index (χ1n) is 8.63. The van der Waals surface area contributed by atoms with E-state index in [2.05, 4.69) is 10.3 Å². The number of aromatic nitrogens is 1. The van der Waals surface area contributed by atoms with Crippen LogP contribution in [0.2, 0.25) is 5.02 Å². The number of pyridine rings is 1. The zero-order chi connectivity index (χ0) is 19.9. The summed E-state index contributed by atoms with van der Waals surface area (Å²) in [5.41, 5.74) is 1.46. The Morgan fingerprint density at radius 1 is 1.14 bits per heavy atom. The zero-order valence-electron chi connectivity index (χ0n) is 15.1. The maximum atomic E-state index is 13.1. The molecule has 1 amide bonds. The third-order valence-corrected chi connectivity index (χ3v) is 4.31. The SMILES string of the molecule is CC(NC(=O)/C=C/c1ccc(F)cc1Cl)c1cccc(Oc2ccncc2)c1. The highest BCUT2D eigenvalue weighted by atomic mass is 35.5. The number of nitrogens with one attached hydrogen (secondary N) is 1.